The minimum atomic E-state index is -0.367. The van der Waals surface area contributed by atoms with Gasteiger partial charge in [-0.15, -0.1) is 0 Å². The van der Waals surface area contributed by atoms with Gasteiger partial charge in [-0.2, -0.15) is 5.10 Å². The Hall–Kier alpha value is -3.07. The van der Waals surface area contributed by atoms with Crippen LogP contribution >= 0.6 is 0 Å². The summed E-state index contributed by atoms with van der Waals surface area (Å²) in [5.41, 5.74) is 0.789. The second-order valence-electron chi connectivity index (χ2n) is 6.57. The number of rotatable bonds is 8. The molecule has 0 spiro atoms. The van der Waals surface area contributed by atoms with Crippen molar-refractivity contribution in [2.24, 2.45) is 0 Å². The summed E-state index contributed by atoms with van der Waals surface area (Å²) in [6, 6.07) is 6.43. The van der Waals surface area contributed by atoms with Crippen LogP contribution in [0.2, 0.25) is 0 Å². The molecule has 29 heavy (non-hydrogen) atoms. The molecule has 2 heterocycles. The zero-order valence-corrected chi connectivity index (χ0v) is 16.8. The third-order valence-electron chi connectivity index (χ3n) is 4.67. The standard InChI is InChI=1S/C20H25N3O6/c1-26-16-9-13(10-17(27-2)20(16)28-3)15-6-7-19(25)23(22-15)12-18(24)21-11-14-5-4-8-29-14/h6-7,9-10,14H,4-5,8,11-12H2,1-3H3,(H,21,24)/t14-/m1/s1. The van der Waals surface area contributed by atoms with Crippen molar-refractivity contribution in [3.63, 3.8) is 0 Å². The highest BCUT2D eigenvalue weighted by molar-refractivity contribution is 5.75. The van der Waals surface area contributed by atoms with Gasteiger partial charge in [0, 0.05) is 24.8 Å². The molecule has 0 aliphatic carbocycles. The first-order valence-corrected chi connectivity index (χ1v) is 9.32. The van der Waals surface area contributed by atoms with Crippen LogP contribution < -0.4 is 25.1 Å². The van der Waals surface area contributed by atoms with E-state index in [1.54, 1.807) is 18.2 Å². The van der Waals surface area contributed by atoms with Gasteiger partial charge in [-0.1, -0.05) is 0 Å². The molecule has 1 saturated heterocycles. The number of hydrogen-bond acceptors (Lipinski definition) is 7. The van der Waals surface area contributed by atoms with Crippen LogP contribution in [-0.2, 0) is 16.1 Å². The average Bonchev–Trinajstić information content (AvgIpc) is 3.26. The van der Waals surface area contributed by atoms with E-state index in [2.05, 4.69) is 10.4 Å². The monoisotopic (exact) mass is 403 g/mol. The summed E-state index contributed by atoms with van der Waals surface area (Å²) in [4.78, 5) is 24.4. The van der Waals surface area contributed by atoms with Gasteiger partial charge in [0.15, 0.2) is 11.5 Å². The first kappa shape index (κ1) is 20.7. The molecule has 1 atom stereocenters. The summed E-state index contributed by atoms with van der Waals surface area (Å²) in [5, 5.41) is 7.12. The Morgan fingerprint density at radius 2 is 1.93 bits per heavy atom. The van der Waals surface area contributed by atoms with Gasteiger partial charge >= 0.3 is 0 Å². The van der Waals surface area contributed by atoms with Crippen molar-refractivity contribution in [3.8, 4) is 28.5 Å². The highest BCUT2D eigenvalue weighted by atomic mass is 16.5. The summed E-state index contributed by atoms with van der Waals surface area (Å²) >= 11 is 0. The SMILES string of the molecule is COc1cc(-c2ccc(=O)n(CC(=O)NC[C@H]3CCCO3)n2)cc(OC)c1OC. The van der Waals surface area contributed by atoms with Crippen molar-refractivity contribution in [2.75, 3.05) is 34.5 Å². The molecule has 0 radical (unpaired) electrons. The predicted molar refractivity (Wildman–Crippen MR) is 106 cm³/mol. The van der Waals surface area contributed by atoms with E-state index in [-0.39, 0.29) is 24.1 Å². The zero-order chi connectivity index (χ0) is 20.8. The number of nitrogens with one attached hydrogen (secondary N) is 1. The van der Waals surface area contributed by atoms with Crippen LogP contribution in [0.1, 0.15) is 12.8 Å². The molecule has 0 bridgehead atoms. The van der Waals surface area contributed by atoms with Gasteiger partial charge in [-0.25, -0.2) is 4.68 Å². The summed E-state index contributed by atoms with van der Waals surface area (Å²) in [6.45, 7) is 0.975. The number of amides is 1. The molecule has 0 unspecified atom stereocenters. The molecule has 9 nitrogen and oxygen atoms in total. The lowest BCUT2D eigenvalue weighted by molar-refractivity contribution is -0.122. The Morgan fingerprint density at radius 1 is 1.21 bits per heavy atom. The third kappa shape index (κ3) is 4.86. The number of hydrogen-bond donors (Lipinski definition) is 1. The van der Waals surface area contributed by atoms with E-state index < -0.39 is 0 Å². The van der Waals surface area contributed by atoms with Crippen molar-refractivity contribution >= 4 is 5.91 Å². The van der Waals surface area contributed by atoms with E-state index in [4.69, 9.17) is 18.9 Å². The molecule has 1 fully saturated rings. The minimum Gasteiger partial charge on any atom is -0.493 e. The number of aromatic nitrogens is 2. The van der Waals surface area contributed by atoms with Gasteiger partial charge < -0.3 is 24.3 Å². The van der Waals surface area contributed by atoms with E-state index in [0.717, 1.165) is 24.1 Å². The van der Waals surface area contributed by atoms with E-state index in [1.807, 2.05) is 0 Å². The van der Waals surface area contributed by atoms with Gasteiger partial charge in [-0.05, 0) is 31.0 Å². The lowest BCUT2D eigenvalue weighted by Gasteiger charge is -2.14. The Bertz CT molecular complexity index is 896. The number of carbonyl (C=O) groups excluding carboxylic acids is 1. The normalized spacial score (nSPS) is 15.8. The van der Waals surface area contributed by atoms with Gasteiger partial charge in [0.2, 0.25) is 11.7 Å². The van der Waals surface area contributed by atoms with Gasteiger partial charge in [0.25, 0.3) is 5.56 Å². The number of carbonyl (C=O) groups is 1. The van der Waals surface area contributed by atoms with E-state index in [9.17, 15) is 9.59 Å². The Kier molecular flexibility index (Phi) is 6.71. The number of ether oxygens (including phenoxy) is 4. The second kappa shape index (κ2) is 9.42. The second-order valence-corrected chi connectivity index (χ2v) is 6.57. The first-order chi connectivity index (χ1) is 14.0. The summed E-state index contributed by atoms with van der Waals surface area (Å²) in [5.74, 6) is 1.10. The number of benzene rings is 1. The smallest absolute Gasteiger partial charge is 0.267 e. The Morgan fingerprint density at radius 3 is 2.52 bits per heavy atom. The highest BCUT2D eigenvalue weighted by Gasteiger charge is 2.18. The fourth-order valence-corrected chi connectivity index (χ4v) is 3.17. The lowest BCUT2D eigenvalue weighted by Crippen LogP contribution is -2.37. The topological polar surface area (TPSA) is 101 Å². The molecule has 1 N–H and O–H groups in total. The summed E-state index contributed by atoms with van der Waals surface area (Å²) in [6.07, 6.45) is 1.96. The van der Waals surface area contributed by atoms with Gasteiger partial charge in [-0.3, -0.25) is 9.59 Å². The van der Waals surface area contributed by atoms with Crippen LogP contribution in [0, 0.1) is 0 Å². The van der Waals surface area contributed by atoms with E-state index in [1.165, 1.54) is 27.4 Å². The number of methoxy groups -OCH3 is 3. The van der Waals surface area contributed by atoms with E-state index in [0.29, 0.717) is 35.1 Å². The zero-order valence-electron chi connectivity index (χ0n) is 16.8. The largest absolute Gasteiger partial charge is 0.493 e. The maximum absolute atomic E-state index is 12.2. The van der Waals surface area contributed by atoms with Crippen LogP contribution in [0.3, 0.4) is 0 Å². The molecule has 1 amide bonds. The molecule has 1 aromatic carbocycles. The van der Waals surface area contributed by atoms with E-state index >= 15 is 0 Å². The molecule has 156 valence electrons. The summed E-state index contributed by atoms with van der Waals surface area (Å²) in [7, 11) is 4.56. The molecule has 2 aromatic rings. The fourth-order valence-electron chi connectivity index (χ4n) is 3.17. The predicted octanol–water partition coefficient (Wildman–Crippen LogP) is 1.23. The molecular weight excluding hydrogens is 378 g/mol. The highest BCUT2D eigenvalue weighted by Crippen LogP contribution is 2.40. The van der Waals surface area contributed by atoms with Crippen LogP contribution in [0.15, 0.2) is 29.1 Å². The van der Waals surface area contributed by atoms with Gasteiger partial charge in [0.05, 0.1) is 33.1 Å². The van der Waals surface area contributed by atoms with Crippen molar-refractivity contribution in [3.05, 3.63) is 34.6 Å². The van der Waals surface area contributed by atoms with Crippen molar-refractivity contribution in [2.45, 2.75) is 25.5 Å². The van der Waals surface area contributed by atoms with Crippen molar-refractivity contribution in [1.29, 1.82) is 0 Å². The van der Waals surface area contributed by atoms with Crippen LogP contribution in [0.5, 0.6) is 17.2 Å². The number of nitrogens with zero attached hydrogens (tertiary/aromatic N) is 2. The van der Waals surface area contributed by atoms with Crippen LogP contribution in [0.4, 0.5) is 0 Å². The van der Waals surface area contributed by atoms with Gasteiger partial charge in [0.1, 0.15) is 6.54 Å². The molecule has 9 heteroatoms. The van der Waals surface area contributed by atoms with Crippen LogP contribution in [0.25, 0.3) is 11.3 Å². The molecule has 1 aromatic heterocycles. The van der Waals surface area contributed by atoms with Crippen molar-refractivity contribution < 1.29 is 23.7 Å². The molecule has 3 rings (SSSR count). The Balaban J connectivity index is 1.81. The average molecular weight is 403 g/mol. The quantitative estimate of drug-likeness (QED) is 0.707. The first-order valence-electron chi connectivity index (χ1n) is 9.32. The molecular formula is C20H25N3O6. The molecule has 0 saturated carbocycles. The fraction of sp³-hybridized carbons (Fsp3) is 0.450. The van der Waals surface area contributed by atoms with Crippen molar-refractivity contribution in [1.82, 2.24) is 15.1 Å². The maximum Gasteiger partial charge on any atom is 0.267 e. The third-order valence-corrected chi connectivity index (χ3v) is 4.67. The Labute approximate surface area is 168 Å². The summed E-state index contributed by atoms with van der Waals surface area (Å²) < 4.78 is 22.7. The maximum atomic E-state index is 12.2. The van der Waals surface area contributed by atoms with Crippen LogP contribution in [-0.4, -0.2) is 56.3 Å². The molecule has 1 aliphatic rings. The lowest BCUT2D eigenvalue weighted by atomic mass is 10.1. The molecule has 1 aliphatic heterocycles. The minimum absolute atomic E-state index is 0.0363.